The summed E-state index contributed by atoms with van der Waals surface area (Å²) in [5.74, 6) is -0.338. The highest BCUT2D eigenvalue weighted by Crippen LogP contribution is 2.67. The van der Waals surface area contributed by atoms with E-state index in [9.17, 15) is 5.11 Å². The first kappa shape index (κ1) is 13.7. The molecule has 3 aliphatic rings. The van der Waals surface area contributed by atoms with Crippen LogP contribution < -0.4 is 0 Å². The van der Waals surface area contributed by atoms with Gasteiger partial charge in [0.05, 0.1) is 25.4 Å². The molecule has 1 saturated heterocycles. The third-order valence-electron chi connectivity index (χ3n) is 5.11. The molecule has 114 valence electrons. The van der Waals surface area contributed by atoms with E-state index in [4.69, 9.17) is 14.2 Å². The van der Waals surface area contributed by atoms with Gasteiger partial charge in [0.15, 0.2) is 5.79 Å². The lowest BCUT2D eigenvalue weighted by atomic mass is 10.0. The maximum absolute atomic E-state index is 10.4. The number of ether oxygens (including phenoxy) is 3. The number of fused-ring (bicyclic) bond motifs is 3. The predicted octanol–water partition coefficient (Wildman–Crippen LogP) is 2.10. The molecule has 1 aliphatic heterocycles. The molecule has 3 fully saturated rings. The van der Waals surface area contributed by atoms with Crippen LogP contribution in [-0.4, -0.2) is 35.8 Å². The lowest BCUT2D eigenvalue weighted by Crippen LogP contribution is -2.34. The van der Waals surface area contributed by atoms with Gasteiger partial charge in [0.2, 0.25) is 0 Å². The average Bonchev–Trinajstić information content (AvgIpc) is 3.03. The average molecular weight is 290 g/mol. The summed E-state index contributed by atoms with van der Waals surface area (Å²) in [4.78, 5) is 0. The van der Waals surface area contributed by atoms with Gasteiger partial charge in [-0.3, -0.25) is 0 Å². The van der Waals surface area contributed by atoms with Crippen LogP contribution in [0.5, 0.6) is 0 Å². The van der Waals surface area contributed by atoms with Gasteiger partial charge < -0.3 is 19.3 Å². The van der Waals surface area contributed by atoms with Crippen LogP contribution in [0.4, 0.5) is 0 Å². The van der Waals surface area contributed by atoms with Crippen molar-refractivity contribution in [2.45, 2.75) is 51.0 Å². The Labute approximate surface area is 125 Å². The molecule has 0 unspecified atom stereocenters. The Morgan fingerprint density at radius 3 is 2.76 bits per heavy atom. The lowest BCUT2D eigenvalue weighted by molar-refractivity contribution is -0.170. The van der Waals surface area contributed by atoms with Gasteiger partial charge in [0.1, 0.15) is 6.10 Å². The predicted molar refractivity (Wildman–Crippen MR) is 76.5 cm³/mol. The van der Waals surface area contributed by atoms with Crippen molar-refractivity contribution >= 4 is 0 Å². The van der Waals surface area contributed by atoms with Gasteiger partial charge in [-0.2, -0.15) is 0 Å². The minimum atomic E-state index is -0.601. The first-order valence-electron chi connectivity index (χ1n) is 7.67. The zero-order valence-corrected chi connectivity index (χ0v) is 12.5. The highest BCUT2D eigenvalue weighted by Gasteiger charge is 2.75. The van der Waals surface area contributed by atoms with Crippen molar-refractivity contribution in [2.24, 2.45) is 11.3 Å². The summed E-state index contributed by atoms with van der Waals surface area (Å²) in [6.45, 7) is 5.05. The van der Waals surface area contributed by atoms with Gasteiger partial charge in [-0.25, -0.2) is 0 Å². The van der Waals surface area contributed by atoms with Gasteiger partial charge in [0, 0.05) is 5.41 Å². The topological polar surface area (TPSA) is 47.9 Å². The minimum Gasteiger partial charge on any atom is -0.390 e. The van der Waals surface area contributed by atoms with Gasteiger partial charge in [-0.05, 0) is 31.7 Å². The van der Waals surface area contributed by atoms with E-state index in [1.54, 1.807) is 0 Å². The highest BCUT2D eigenvalue weighted by atomic mass is 16.8. The third-order valence-corrected chi connectivity index (χ3v) is 5.11. The van der Waals surface area contributed by atoms with Gasteiger partial charge in [0.25, 0.3) is 0 Å². The minimum absolute atomic E-state index is 0.0386. The molecule has 5 atom stereocenters. The van der Waals surface area contributed by atoms with Crippen LogP contribution in [0.1, 0.15) is 25.8 Å². The molecule has 1 aromatic rings. The normalized spacial score (nSPS) is 42.6. The number of rotatable bonds is 4. The molecule has 4 nitrogen and oxygen atoms in total. The van der Waals surface area contributed by atoms with Crippen molar-refractivity contribution in [1.82, 2.24) is 0 Å². The number of hydrogen-bond donors (Lipinski definition) is 1. The summed E-state index contributed by atoms with van der Waals surface area (Å²) in [5, 5.41) is 10.4. The Balaban J connectivity index is 1.42. The second kappa shape index (κ2) is 4.53. The first-order chi connectivity index (χ1) is 10.0. The van der Waals surface area contributed by atoms with Crippen LogP contribution in [0, 0.1) is 11.3 Å². The van der Waals surface area contributed by atoms with E-state index in [0.29, 0.717) is 13.2 Å². The zero-order chi connectivity index (χ0) is 14.7. The van der Waals surface area contributed by atoms with Gasteiger partial charge in [-0.15, -0.1) is 0 Å². The molecule has 0 radical (unpaired) electrons. The molecule has 0 aromatic heterocycles. The van der Waals surface area contributed by atoms with Crippen molar-refractivity contribution in [1.29, 1.82) is 0 Å². The largest absolute Gasteiger partial charge is 0.390 e. The Kier molecular flexibility index (Phi) is 2.95. The molecule has 21 heavy (non-hydrogen) atoms. The van der Waals surface area contributed by atoms with Gasteiger partial charge in [-0.1, -0.05) is 30.3 Å². The monoisotopic (exact) mass is 290 g/mol. The maximum Gasteiger partial charge on any atom is 0.163 e. The summed E-state index contributed by atoms with van der Waals surface area (Å²) >= 11 is 0. The summed E-state index contributed by atoms with van der Waals surface area (Å²) in [7, 11) is 0. The smallest absolute Gasteiger partial charge is 0.163 e. The summed E-state index contributed by atoms with van der Waals surface area (Å²) < 4.78 is 17.8. The number of hydrogen-bond acceptors (Lipinski definition) is 4. The fourth-order valence-corrected chi connectivity index (χ4v) is 4.03. The Bertz CT molecular complexity index is 529. The molecule has 0 amide bonds. The molecule has 4 heteroatoms. The van der Waals surface area contributed by atoms with Crippen molar-refractivity contribution in [3.8, 4) is 0 Å². The Hall–Kier alpha value is -0.940. The van der Waals surface area contributed by atoms with Crippen LogP contribution in [-0.2, 0) is 20.8 Å². The van der Waals surface area contributed by atoms with Crippen LogP contribution in [0.15, 0.2) is 30.3 Å². The Morgan fingerprint density at radius 2 is 2.00 bits per heavy atom. The van der Waals surface area contributed by atoms with E-state index >= 15 is 0 Å². The second-order valence-electron chi connectivity index (χ2n) is 7.03. The standard InChI is InChI=1S/C17H22O4/c1-16(2)20-14-13(18)12-8-17(12,15(14)21-16)10-19-9-11-6-4-3-5-7-11/h3-7,12-15,18H,8-10H2,1-2H3/t12-,13+,14+,15+,17+/m1/s1. The van der Waals surface area contributed by atoms with Crippen LogP contribution in [0.3, 0.4) is 0 Å². The maximum atomic E-state index is 10.4. The van der Waals surface area contributed by atoms with E-state index in [1.165, 1.54) is 5.56 Å². The van der Waals surface area contributed by atoms with Crippen molar-refractivity contribution < 1.29 is 19.3 Å². The molecule has 1 heterocycles. The van der Waals surface area contributed by atoms with Crippen molar-refractivity contribution in [3.63, 3.8) is 0 Å². The molecular weight excluding hydrogens is 268 g/mol. The fourth-order valence-electron chi connectivity index (χ4n) is 4.03. The molecular formula is C17H22O4. The van der Waals surface area contributed by atoms with Crippen LogP contribution >= 0.6 is 0 Å². The van der Waals surface area contributed by atoms with Gasteiger partial charge >= 0.3 is 0 Å². The van der Waals surface area contributed by atoms with E-state index in [0.717, 1.165) is 6.42 Å². The third kappa shape index (κ3) is 2.13. The number of aliphatic hydroxyl groups excluding tert-OH is 1. The van der Waals surface area contributed by atoms with E-state index in [2.05, 4.69) is 12.1 Å². The fraction of sp³-hybridized carbons (Fsp3) is 0.647. The van der Waals surface area contributed by atoms with Crippen molar-refractivity contribution in [3.05, 3.63) is 35.9 Å². The lowest BCUT2D eigenvalue weighted by Gasteiger charge is -2.23. The molecule has 2 aliphatic carbocycles. The van der Waals surface area contributed by atoms with E-state index in [-0.39, 0.29) is 23.5 Å². The molecule has 0 bridgehead atoms. The summed E-state index contributed by atoms with van der Waals surface area (Å²) in [6, 6.07) is 10.2. The SMILES string of the molecule is CC1(C)O[C@H]2[C@@H](O)[C@H]3C[C@@]3(COCc3ccccc3)[C@H]2O1. The Morgan fingerprint density at radius 1 is 1.24 bits per heavy atom. The molecule has 2 saturated carbocycles. The summed E-state index contributed by atoms with van der Waals surface area (Å²) in [6.07, 6.45) is 0.322. The molecule has 1 N–H and O–H groups in total. The first-order valence-corrected chi connectivity index (χ1v) is 7.67. The highest BCUT2D eigenvalue weighted by molar-refractivity contribution is 5.22. The molecule has 4 rings (SSSR count). The summed E-state index contributed by atoms with van der Waals surface area (Å²) in [5.41, 5.74) is 1.12. The van der Waals surface area contributed by atoms with E-state index < -0.39 is 11.9 Å². The second-order valence-corrected chi connectivity index (χ2v) is 7.03. The number of benzene rings is 1. The van der Waals surface area contributed by atoms with Crippen LogP contribution in [0.25, 0.3) is 0 Å². The molecule has 1 aromatic carbocycles. The quantitative estimate of drug-likeness (QED) is 0.922. The van der Waals surface area contributed by atoms with Crippen LogP contribution in [0.2, 0.25) is 0 Å². The van der Waals surface area contributed by atoms with Crippen molar-refractivity contribution in [2.75, 3.05) is 6.61 Å². The number of aliphatic hydroxyl groups is 1. The van der Waals surface area contributed by atoms with E-state index in [1.807, 2.05) is 32.0 Å². The molecule has 0 spiro atoms. The zero-order valence-electron chi connectivity index (χ0n) is 12.5.